The lowest BCUT2D eigenvalue weighted by molar-refractivity contribution is -0.167. The zero-order valence-electron chi connectivity index (χ0n) is 18.8. The van der Waals surface area contributed by atoms with Crippen LogP contribution in [0.25, 0.3) is 11.1 Å². The van der Waals surface area contributed by atoms with E-state index in [-0.39, 0.29) is 36.0 Å². The Bertz CT molecular complexity index is 1400. The summed E-state index contributed by atoms with van der Waals surface area (Å²) < 4.78 is 13.9. The van der Waals surface area contributed by atoms with Gasteiger partial charge in [0.25, 0.3) is 0 Å². The molecule has 1 amide bonds. The molecule has 5 rings (SSSR count). The lowest BCUT2D eigenvalue weighted by Gasteiger charge is -2.48. The number of carbonyl (C=O) groups is 4. The second kappa shape index (κ2) is 8.07. The quantitative estimate of drug-likeness (QED) is 0.313. The van der Waals surface area contributed by atoms with Gasteiger partial charge < -0.3 is 26.2 Å². The first-order valence-corrected chi connectivity index (χ1v) is 11.3. The van der Waals surface area contributed by atoms with Gasteiger partial charge in [0.1, 0.15) is 23.2 Å². The third-order valence-corrected chi connectivity index (χ3v) is 7.71. The number of aliphatic hydroxyl groups excluding tert-OH is 2. The van der Waals surface area contributed by atoms with E-state index in [1.807, 2.05) is 0 Å². The molecule has 2 aromatic rings. The van der Waals surface area contributed by atoms with Crippen LogP contribution in [0, 0.1) is 23.6 Å². The normalized spacial score (nSPS) is 29.3. The van der Waals surface area contributed by atoms with Gasteiger partial charge in [-0.1, -0.05) is 12.1 Å². The van der Waals surface area contributed by atoms with Crippen LogP contribution in [-0.4, -0.2) is 55.9 Å². The Balaban J connectivity index is 1.67. The molecule has 186 valence electrons. The first-order chi connectivity index (χ1) is 17.0. The van der Waals surface area contributed by atoms with Crippen molar-refractivity contribution in [2.45, 2.75) is 31.0 Å². The third kappa shape index (κ3) is 3.14. The van der Waals surface area contributed by atoms with E-state index in [4.69, 9.17) is 5.73 Å². The molecule has 0 heterocycles. The van der Waals surface area contributed by atoms with Crippen molar-refractivity contribution >= 4 is 23.8 Å². The summed E-state index contributed by atoms with van der Waals surface area (Å²) in [5.41, 5.74) is 3.36. The van der Waals surface area contributed by atoms with Crippen molar-refractivity contribution in [1.82, 2.24) is 0 Å². The molecule has 0 radical (unpaired) electrons. The van der Waals surface area contributed by atoms with E-state index in [1.54, 1.807) is 0 Å². The van der Waals surface area contributed by atoms with Gasteiger partial charge in [0.15, 0.2) is 23.5 Å². The summed E-state index contributed by atoms with van der Waals surface area (Å²) in [6.45, 7) is 0. The number of benzene rings is 2. The zero-order valence-corrected chi connectivity index (χ0v) is 18.8. The summed E-state index contributed by atoms with van der Waals surface area (Å²) >= 11 is 0. The van der Waals surface area contributed by atoms with Gasteiger partial charge in [-0.15, -0.1) is 0 Å². The number of halogens is 1. The zero-order chi connectivity index (χ0) is 26.1. The van der Waals surface area contributed by atoms with Gasteiger partial charge in [-0.25, -0.2) is 4.39 Å². The molecule has 3 aliphatic carbocycles. The number of hydrogen-bond donors (Lipinski definition) is 5. The third-order valence-electron chi connectivity index (χ3n) is 7.71. The SMILES string of the molecule is NC(=O)C1C(=O)[C@@]2(O)C(O)=C3C(=O)c4c(O)ccc(-c5ccc(F)c(C=O)c5)c4C[C@H]3C[C@H]2CC1O. The fourth-order valence-electron chi connectivity index (χ4n) is 6.00. The van der Waals surface area contributed by atoms with Crippen molar-refractivity contribution in [2.24, 2.45) is 23.5 Å². The number of Topliss-reactive ketones (excluding diaryl/α,β-unsaturated/α-hetero) is 2. The molecule has 1 saturated carbocycles. The minimum atomic E-state index is -2.58. The second-order valence-electron chi connectivity index (χ2n) is 9.58. The van der Waals surface area contributed by atoms with Gasteiger partial charge in [-0.05, 0) is 60.1 Å². The summed E-state index contributed by atoms with van der Waals surface area (Å²) in [4.78, 5) is 49.7. The highest BCUT2D eigenvalue weighted by molar-refractivity contribution is 6.16. The van der Waals surface area contributed by atoms with E-state index >= 15 is 0 Å². The van der Waals surface area contributed by atoms with Gasteiger partial charge in [0, 0.05) is 11.5 Å². The van der Waals surface area contributed by atoms with Crippen LogP contribution < -0.4 is 5.73 Å². The number of rotatable bonds is 3. The Kier molecular flexibility index (Phi) is 5.34. The number of aldehydes is 1. The van der Waals surface area contributed by atoms with Crippen LogP contribution in [0.2, 0.25) is 0 Å². The van der Waals surface area contributed by atoms with E-state index in [0.29, 0.717) is 23.0 Å². The molecule has 0 saturated heterocycles. The topological polar surface area (TPSA) is 175 Å². The number of carbonyl (C=O) groups excluding carboxylic acids is 4. The highest BCUT2D eigenvalue weighted by atomic mass is 19.1. The molecule has 0 spiro atoms. The van der Waals surface area contributed by atoms with Gasteiger partial charge in [-0.2, -0.15) is 0 Å². The minimum absolute atomic E-state index is 0.0213. The molecule has 2 aromatic carbocycles. The molecule has 1 fully saturated rings. The highest BCUT2D eigenvalue weighted by Crippen LogP contribution is 2.52. The molecule has 0 bridgehead atoms. The summed E-state index contributed by atoms with van der Waals surface area (Å²) in [5.74, 6) is -8.59. The number of phenols is 1. The number of ketones is 2. The fraction of sp³-hybridized carbons (Fsp3) is 0.308. The number of aromatic hydroxyl groups is 1. The number of allylic oxidation sites excluding steroid dienone is 1. The molecule has 5 atom stereocenters. The largest absolute Gasteiger partial charge is 0.508 e. The molecular formula is C26H22FNO8. The predicted octanol–water partition coefficient (Wildman–Crippen LogP) is 1.36. The van der Waals surface area contributed by atoms with E-state index in [0.717, 1.165) is 6.07 Å². The van der Waals surface area contributed by atoms with Gasteiger partial charge in [0.05, 0.1) is 17.2 Å². The smallest absolute Gasteiger partial charge is 0.230 e. The van der Waals surface area contributed by atoms with Crippen LogP contribution >= 0.6 is 0 Å². The molecule has 0 aliphatic heterocycles. The molecule has 6 N–H and O–H groups in total. The van der Waals surface area contributed by atoms with Crippen molar-refractivity contribution in [3.8, 4) is 16.9 Å². The van der Waals surface area contributed by atoms with Gasteiger partial charge in [0.2, 0.25) is 5.91 Å². The number of amides is 1. The van der Waals surface area contributed by atoms with E-state index in [9.17, 15) is 44.0 Å². The minimum Gasteiger partial charge on any atom is -0.508 e. The molecule has 0 aromatic heterocycles. The van der Waals surface area contributed by atoms with Crippen LogP contribution in [-0.2, 0) is 16.0 Å². The number of phenolic OH excluding ortho intramolecular Hbond substituents is 1. The number of nitrogens with two attached hydrogens (primary N) is 1. The standard InChI is InChI=1S/C26H22FNO8/c27-16-3-1-10(5-12(16)9-29)14-2-4-17(30)20-15(14)7-11-6-13-8-18(31)21(25(28)35)24(34)26(13,36)23(33)19(11)22(20)32/h1-5,9,11,13,18,21,30-31,33,36H,6-8H2,(H2,28,35)/t11-,13+,18?,21?,26+/m1/s1. The van der Waals surface area contributed by atoms with Gasteiger partial charge >= 0.3 is 0 Å². The molecule has 10 heteroatoms. The van der Waals surface area contributed by atoms with Gasteiger partial charge in [-0.3, -0.25) is 19.2 Å². The van der Waals surface area contributed by atoms with Crippen molar-refractivity contribution in [3.63, 3.8) is 0 Å². The Hall–Kier alpha value is -3.89. The molecule has 36 heavy (non-hydrogen) atoms. The Morgan fingerprint density at radius 1 is 1.14 bits per heavy atom. The molecule has 3 aliphatic rings. The highest BCUT2D eigenvalue weighted by Gasteiger charge is 2.62. The Morgan fingerprint density at radius 3 is 2.53 bits per heavy atom. The number of hydrogen-bond acceptors (Lipinski definition) is 8. The predicted molar refractivity (Wildman–Crippen MR) is 121 cm³/mol. The maximum atomic E-state index is 13.9. The molecule has 2 unspecified atom stereocenters. The summed E-state index contributed by atoms with van der Waals surface area (Å²) in [5, 5.41) is 43.3. The molecule has 9 nitrogen and oxygen atoms in total. The van der Waals surface area contributed by atoms with E-state index < -0.39 is 64.3 Å². The first-order valence-electron chi connectivity index (χ1n) is 11.3. The monoisotopic (exact) mass is 495 g/mol. The van der Waals surface area contributed by atoms with Crippen molar-refractivity contribution < 1.29 is 44.0 Å². The summed E-state index contributed by atoms with van der Waals surface area (Å²) in [6.07, 6.45) is -1.18. The Morgan fingerprint density at radius 2 is 1.86 bits per heavy atom. The average Bonchev–Trinajstić information content (AvgIpc) is 2.82. The van der Waals surface area contributed by atoms with E-state index in [1.165, 1.54) is 24.3 Å². The number of fused-ring (bicyclic) bond motifs is 3. The van der Waals surface area contributed by atoms with E-state index in [2.05, 4.69) is 0 Å². The van der Waals surface area contributed by atoms with Crippen LogP contribution in [0.15, 0.2) is 41.7 Å². The van der Waals surface area contributed by atoms with Crippen molar-refractivity contribution in [3.05, 3.63) is 64.2 Å². The lowest BCUT2D eigenvalue weighted by atomic mass is 9.57. The van der Waals surface area contributed by atoms with Crippen LogP contribution in [0.1, 0.15) is 39.1 Å². The van der Waals surface area contributed by atoms with Crippen molar-refractivity contribution in [2.75, 3.05) is 0 Å². The number of aliphatic hydroxyl groups is 3. The van der Waals surface area contributed by atoms with Crippen LogP contribution in [0.3, 0.4) is 0 Å². The maximum absolute atomic E-state index is 13.9. The summed E-state index contributed by atoms with van der Waals surface area (Å²) in [7, 11) is 0. The first kappa shape index (κ1) is 23.8. The summed E-state index contributed by atoms with van der Waals surface area (Å²) in [6, 6.07) is 6.65. The average molecular weight is 495 g/mol. The van der Waals surface area contributed by atoms with Crippen molar-refractivity contribution in [1.29, 1.82) is 0 Å². The van der Waals surface area contributed by atoms with Crippen LogP contribution in [0.5, 0.6) is 5.75 Å². The maximum Gasteiger partial charge on any atom is 0.230 e. The van der Waals surface area contributed by atoms with Crippen LogP contribution in [0.4, 0.5) is 4.39 Å². The lowest BCUT2D eigenvalue weighted by Crippen LogP contribution is -2.63. The number of primary amides is 1. The Labute approximate surface area is 203 Å². The second-order valence-corrected chi connectivity index (χ2v) is 9.58. The molecular weight excluding hydrogens is 473 g/mol. The fourth-order valence-corrected chi connectivity index (χ4v) is 6.00.